The lowest BCUT2D eigenvalue weighted by Gasteiger charge is -2.24. The van der Waals surface area contributed by atoms with Crippen LogP contribution in [0.3, 0.4) is 0 Å². The molecule has 1 aromatic carbocycles. The van der Waals surface area contributed by atoms with Crippen LogP contribution in [0.4, 0.5) is 0 Å². The molecule has 1 saturated carbocycles. The summed E-state index contributed by atoms with van der Waals surface area (Å²) in [5.74, 6) is 6.89. The van der Waals surface area contributed by atoms with E-state index >= 15 is 0 Å². The van der Waals surface area contributed by atoms with E-state index in [9.17, 15) is 0 Å². The topological polar surface area (TPSA) is 38.0 Å². The number of halogens is 2. The lowest BCUT2D eigenvalue weighted by atomic mass is 9.91. The van der Waals surface area contributed by atoms with Gasteiger partial charge in [0, 0.05) is 0 Å². The Kier molecular flexibility index (Phi) is 3.75. The molecule has 0 spiro atoms. The van der Waals surface area contributed by atoms with Gasteiger partial charge in [0.1, 0.15) is 0 Å². The summed E-state index contributed by atoms with van der Waals surface area (Å²) in [7, 11) is 0. The number of rotatable bonds is 4. The van der Waals surface area contributed by atoms with Gasteiger partial charge in [-0.3, -0.25) is 11.3 Å². The molecule has 1 aliphatic carbocycles. The zero-order valence-electron chi connectivity index (χ0n) is 9.21. The first-order chi connectivity index (χ1) is 7.65. The maximum Gasteiger partial charge on any atom is 0.0640 e. The minimum atomic E-state index is 0.0821. The minimum absolute atomic E-state index is 0.0821. The maximum atomic E-state index is 6.21. The zero-order valence-corrected chi connectivity index (χ0v) is 10.7. The van der Waals surface area contributed by atoms with Crippen LogP contribution in [0.1, 0.15) is 31.4 Å². The second-order valence-electron chi connectivity index (χ2n) is 4.48. The molecule has 0 saturated heterocycles. The summed E-state index contributed by atoms with van der Waals surface area (Å²) in [5, 5.41) is 1.20. The normalized spacial score (nSPS) is 19.5. The van der Waals surface area contributed by atoms with Crippen molar-refractivity contribution in [3.05, 3.63) is 33.8 Å². The van der Waals surface area contributed by atoms with E-state index in [2.05, 4.69) is 12.3 Å². The van der Waals surface area contributed by atoms with Gasteiger partial charge in [-0.15, -0.1) is 0 Å². The average molecular weight is 259 g/mol. The molecule has 88 valence electrons. The van der Waals surface area contributed by atoms with Crippen molar-refractivity contribution in [3.63, 3.8) is 0 Å². The summed E-state index contributed by atoms with van der Waals surface area (Å²) in [4.78, 5) is 0. The second-order valence-corrected chi connectivity index (χ2v) is 5.27. The van der Waals surface area contributed by atoms with Gasteiger partial charge in [0.2, 0.25) is 0 Å². The highest BCUT2D eigenvalue weighted by molar-refractivity contribution is 6.42. The molecule has 16 heavy (non-hydrogen) atoms. The van der Waals surface area contributed by atoms with E-state index in [1.54, 1.807) is 6.07 Å². The molecule has 2 atom stereocenters. The van der Waals surface area contributed by atoms with E-state index in [4.69, 9.17) is 29.0 Å². The van der Waals surface area contributed by atoms with Crippen molar-refractivity contribution in [2.75, 3.05) is 0 Å². The summed E-state index contributed by atoms with van der Waals surface area (Å²) in [6, 6.07) is 5.77. The Bertz CT molecular complexity index is 377. The average Bonchev–Trinajstić information content (AvgIpc) is 3.08. The number of nitrogens with one attached hydrogen (secondary N) is 1. The Hall–Kier alpha value is -0.280. The molecule has 0 aliphatic heterocycles. The zero-order chi connectivity index (χ0) is 11.7. The molecule has 1 fully saturated rings. The van der Waals surface area contributed by atoms with Gasteiger partial charge in [0.05, 0.1) is 16.1 Å². The Morgan fingerprint density at radius 2 is 2.06 bits per heavy atom. The third-order valence-electron chi connectivity index (χ3n) is 3.39. The maximum absolute atomic E-state index is 6.21. The van der Waals surface area contributed by atoms with Crippen molar-refractivity contribution < 1.29 is 0 Å². The largest absolute Gasteiger partial charge is 0.271 e. The molecule has 1 aromatic rings. The highest BCUT2D eigenvalue weighted by atomic mass is 35.5. The van der Waals surface area contributed by atoms with Crippen molar-refractivity contribution in [2.24, 2.45) is 17.7 Å². The number of benzene rings is 1. The third-order valence-corrected chi connectivity index (χ3v) is 4.22. The van der Waals surface area contributed by atoms with Crippen molar-refractivity contribution in [3.8, 4) is 0 Å². The van der Waals surface area contributed by atoms with E-state index in [1.165, 1.54) is 12.8 Å². The molecule has 0 aromatic heterocycles. The third kappa shape index (κ3) is 2.35. The van der Waals surface area contributed by atoms with E-state index < -0.39 is 0 Å². The Morgan fingerprint density at radius 3 is 2.62 bits per heavy atom. The monoisotopic (exact) mass is 258 g/mol. The molecule has 2 rings (SSSR count). The first-order valence-corrected chi connectivity index (χ1v) is 6.30. The Balaban J connectivity index is 2.28. The van der Waals surface area contributed by atoms with Crippen molar-refractivity contribution in [1.29, 1.82) is 0 Å². The summed E-state index contributed by atoms with van der Waals surface area (Å²) in [6.45, 7) is 2.21. The highest BCUT2D eigenvalue weighted by Crippen LogP contribution is 2.44. The molecule has 0 amide bonds. The van der Waals surface area contributed by atoms with Crippen LogP contribution in [0.15, 0.2) is 18.2 Å². The minimum Gasteiger partial charge on any atom is -0.271 e. The summed E-state index contributed by atoms with van der Waals surface area (Å²) < 4.78 is 0. The van der Waals surface area contributed by atoms with Gasteiger partial charge in [-0.05, 0) is 36.3 Å². The van der Waals surface area contributed by atoms with Crippen LogP contribution in [0.25, 0.3) is 0 Å². The van der Waals surface area contributed by atoms with Crippen molar-refractivity contribution in [1.82, 2.24) is 5.43 Å². The summed E-state index contributed by atoms with van der Waals surface area (Å²) in [5.41, 5.74) is 3.86. The first-order valence-electron chi connectivity index (χ1n) is 5.55. The molecule has 0 bridgehead atoms. The van der Waals surface area contributed by atoms with Gasteiger partial charge in [0.25, 0.3) is 0 Å². The van der Waals surface area contributed by atoms with E-state index in [1.807, 2.05) is 12.1 Å². The van der Waals surface area contributed by atoms with Gasteiger partial charge in [-0.2, -0.15) is 0 Å². The molecule has 1 aliphatic rings. The lowest BCUT2D eigenvalue weighted by molar-refractivity contribution is 0.354. The summed E-state index contributed by atoms with van der Waals surface area (Å²) in [6.07, 6.45) is 2.58. The quantitative estimate of drug-likeness (QED) is 0.641. The standard InChI is InChI=1S/C12H16Cl2N2/c1-7(8-5-6-8)12(16-15)9-3-2-4-10(13)11(9)14/h2-4,7-8,12,16H,5-6,15H2,1H3. The Morgan fingerprint density at radius 1 is 1.38 bits per heavy atom. The molecule has 2 unspecified atom stereocenters. The summed E-state index contributed by atoms with van der Waals surface area (Å²) >= 11 is 12.2. The lowest BCUT2D eigenvalue weighted by Crippen LogP contribution is -2.33. The van der Waals surface area contributed by atoms with E-state index in [0.717, 1.165) is 11.5 Å². The fourth-order valence-electron chi connectivity index (χ4n) is 2.18. The number of hydrogen-bond acceptors (Lipinski definition) is 2. The van der Waals surface area contributed by atoms with Gasteiger partial charge in [-0.25, -0.2) is 0 Å². The fourth-order valence-corrected chi connectivity index (χ4v) is 2.61. The van der Waals surface area contributed by atoms with Gasteiger partial charge in [-0.1, -0.05) is 42.3 Å². The highest BCUT2D eigenvalue weighted by Gasteiger charge is 2.34. The smallest absolute Gasteiger partial charge is 0.0640 e. The van der Waals surface area contributed by atoms with Crippen LogP contribution in [0, 0.1) is 11.8 Å². The molecule has 3 N–H and O–H groups in total. The van der Waals surface area contributed by atoms with Crippen LogP contribution >= 0.6 is 23.2 Å². The predicted octanol–water partition coefficient (Wildman–Crippen LogP) is 3.54. The SMILES string of the molecule is CC(C1CC1)C(NN)c1cccc(Cl)c1Cl. The molecule has 4 heteroatoms. The van der Waals surface area contributed by atoms with Crippen LogP contribution < -0.4 is 11.3 Å². The molecule has 2 nitrogen and oxygen atoms in total. The Labute approximate surface area is 106 Å². The molecule has 0 radical (unpaired) electrons. The predicted molar refractivity (Wildman–Crippen MR) is 68.4 cm³/mol. The number of hydrazine groups is 1. The van der Waals surface area contributed by atoms with Crippen LogP contribution in [-0.4, -0.2) is 0 Å². The second kappa shape index (κ2) is 4.92. The van der Waals surface area contributed by atoms with Crippen molar-refractivity contribution >= 4 is 23.2 Å². The van der Waals surface area contributed by atoms with Crippen LogP contribution in [-0.2, 0) is 0 Å². The number of nitrogens with two attached hydrogens (primary N) is 1. The van der Waals surface area contributed by atoms with Gasteiger partial charge < -0.3 is 0 Å². The first kappa shape index (κ1) is 12.2. The molecular weight excluding hydrogens is 243 g/mol. The molecular formula is C12H16Cl2N2. The van der Waals surface area contributed by atoms with Crippen molar-refractivity contribution in [2.45, 2.75) is 25.8 Å². The van der Waals surface area contributed by atoms with E-state index in [0.29, 0.717) is 16.0 Å². The number of hydrogen-bond donors (Lipinski definition) is 2. The van der Waals surface area contributed by atoms with Gasteiger partial charge >= 0.3 is 0 Å². The fraction of sp³-hybridized carbons (Fsp3) is 0.500. The molecule has 0 heterocycles. The van der Waals surface area contributed by atoms with Gasteiger partial charge in [0.15, 0.2) is 0 Å². The van der Waals surface area contributed by atoms with Crippen LogP contribution in [0.2, 0.25) is 10.0 Å². The van der Waals surface area contributed by atoms with Crippen LogP contribution in [0.5, 0.6) is 0 Å². The van der Waals surface area contributed by atoms with E-state index in [-0.39, 0.29) is 6.04 Å².